The zero-order valence-electron chi connectivity index (χ0n) is 10.9. The van der Waals surface area contributed by atoms with E-state index in [2.05, 4.69) is 4.90 Å². The van der Waals surface area contributed by atoms with E-state index in [0.717, 1.165) is 5.56 Å². The van der Waals surface area contributed by atoms with Crippen LogP contribution in [0.1, 0.15) is 11.6 Å². The summed E-state index contributed by atoms with van der Waals surface area (Å²) < 4.78 is 10.4. The molecule has 0 saturated carbocycles. The Hall–Kier alpha value is -1.88. The minimum absolute atomic E-state index is 0.0392. The lowest BCUT2D eigenvalue weighted by molar-refractivity contribution is -0.163. The van der Waals surface area contributed by atoms with Crippen molar-refractivity contribution in [1.82, 2.24) is 4.90 Å². The molecule has 0 N–H and O–H groups in total. The van der Waals surface area contributed by atoms with Crippen LogP contribution < -0.4 is 0 Å². The van der Waals surface area contributed by atoms with Gasteiger partial charge in [-0.3, -0.25) is 14.5 Å². The molecule has 5 heteroatoms. The summed E-state index contributed by atoms with van der Waals surface area (Å²) in [5, 5.41) is 0. The molecule has 3 heterocycles. The van der Waals surface area contributed by atoms with E-state index in [0.29, 0.717) is 19.8 Å². The third kappa shape index (κ3) is 1.59. The first kappa shape index (κ1) is 11.9. The molecular weight excluding hydrogens is 258 g/mol. The van der Waals surface area contributed by atoms with Crippen LogP contribution in [0.3, 0.4) is 0 Å². The molecule has 4 rings (SSSR count). The summed E-state index contributed by atoms with van der Waals surface area (Å²) in [7, 11) is 0. The number of morpholine rings is 1. The Morgan fingerprint density at radius 3 is 2.55 bits per heavy atom. The van der Waals surface area contributed by atoms with Gasteiger partial charge in [-0.2, -0.15) is 0 Å². The van der Waals surface area contributed by atoms with Gasteiger partial charge in [-0.05, 0) is 5.56 Å². The van der Waals surface area contributed by atoms with Crippen molar-refractivity contribution >= 4 is 11.9 Å². The van der Waals surface area contributed by atoms with Crippen LogP contribution in [-0.4, -0.2) is 42.6 Å². The summed E-state index contributed by atoms with van der Waals surface area (Å²) in [6.07, 6.45) is 0. The van der Waals surface area contributed by atoms with Crippen LogP contribution in [0.4, 0.5) is 0 Å². The van der Waals surface area contributed by atoms with Crippen LogP contribution in [0.2, 0.25) is 0 Å². The molecule has 4 atom stereocenters. The highest BCUT2D eigenvalue weighted by Gasteiger charge is 2.57. The van der Waals surface area contributed by atoms with Gasteiger partial charge < -0.3 is 9.47 Å². The molecule has 20 heavy (non-hydrogen) atoms. The van der Waals surface area contributed by atoms with E-state index in [9.17, 15) is 9.59 Å². The molecule has 1 aromatic carbocycles. The van der Waals surface area contributed by atoms with Crippen LogP contribution >= 0.6 is 0 Å². The van der Waals surface area contributed by atoms with Gasteiger partial charge in [0.25, 0.3) is 0 Å². The predicted octanol–water partition coefficient (Wildman–Crippen LogP) is 0.758. The van der Waals surface area contributed by atoms with Crippen molar-refractivity contribution in [3.63, 3.8) is 0 Å². The largest absolute Gasteiger partial charge is 0.465 e. The maximum Gasteiger partial charge on any atom is 0.323 e. The van der Waals surface area contributed by atoms with Gasteiger partial charge in [0.2, 0.25) is 0 Å². The number of benzene rings is 1. The first-order valence-electron chi connectivity index (χ1n) is 6.89. The normalized spacial score (nSPS) is 36.2. The van der Waals surface area contributed by atoms with E-state index >= 15 is 0 Å². The third-order valence-corrected chi connectivity index (χ3v) is 4.62. The van der Waals surface area contributed by atoms with Gasteiger partial charge in [0.1, 0.15) is 12.6 Å². The van der Waals surface area contributed by atoms with Gasteiger partial charge in [0, 0.05) is 12.5 Å². The minimum Gasteiger partial charge on any atom is -0.465 e. The second-order valence-electron chi connectivity index (χ2n) is 5.60. The summed E-state index contributed by atoms with van der Waals surface area (Å²) >= 11 is 0. The number of cyclic esters (lactones) is 2. The van der Waals surface area contributed by atoms with Crippen LogP contribution in [0, 0.1) is 11.8 Å². The highest BCUT2D eigenvalue weighted by Crippen LogP contribution is 2.43. The van der Waals surface area contributed by atoms with E-state index in [1.165, 1.54) is 0 Å². The number of carbonyl (C=O) groups is 2. The molecule has 0 spiro atoms. The number of esters is 2. The van der Waals surface area contributed by atoms with E-state index in [1.807, 2.05) is 30.3 Å². The second kappa shape index (κ2) is 4.31. The van der Waals surface area contributed by atoms with Crippen molar-refractivity contribution in [3.8, 4) is 0 Å². The van der Waals surface area contributed by atoms with Crippen molar-refractivity contribution in [2.75, 3.05) is 19.8 Å². The Morgan fingerprint density at radius 2 is 1.75 bits per heavy atom. The van der Waals surface area contributed by atoms with Crippen molar-refractivity contribution < 1.29 is 19.1 Å². The van der Waals surface area contributed by atoms with Crippen LogP contribution in [0.5, 0.6) is 0 Å². The lowest BCUT2D eigenvalue weighted by Gasteiger charge is -2.37. The Balaban J connectivity index is 1.69. The number of nitrogens with zero attached hydrogens (tertiary/aromatic N) is 1. The number of hydrogen-bond acceptors (Lipinski definition) is 5. The van der Waals surface area contributed by atoms with Crippen molar-refractivity contribution in [2.45, 2.75) is 12.1 Å². The van der Waals surface area contributed by atoms with Gasteiger partial charge in [-0.25, -0.2) is 0 Å². The molecule has 3 saturated heterocycles. The average Bonchev–Trinajstić information content (AvgIpc) is 3.01. The molecule has 1 aromatic rings. The van der Waals surface area contributed by atoms with Crippen LogP contribution in [-0.2, 0) is 19.1 Å². The van der Waals surface area contributed by atoms with Gasteiger partial charge in [-0.15, -0.1) is 0 Å². The van der Waals surface area contributed by atoms with Gasteiger partial charge in [-0.1, -0.05) is 30.3 Å². The zero-order chi connectivity index (χ0) is 13.7. The predicted molar refractivity (Wildman–Crippen MR) is 68.6 cm³/mol. The fraction of sp³-hybridized carbons (Fsp3) is 0.467. The Kier molecular flexibility index (Phi) is 2.57. The Bertz CT molecular complexity index is 558. The molecule has 0 unspecified atom stereocenters. The monoisotopic (exact) mass is 273 g/mol. The third-order valence-electron chi connectivity index (χ3n) is 4.62. The maximum atomic E-state index is 12.1. The van der Waals surface area contributed by atoms with Crippen molar-refractivity contribution in [1.29, 1.82) is 0 Å². The highest BCUT2D eigenvalue weighted by atomic mass is 16.5. The van der Waals surface area contributed by atoms with E-state index in [4.69, 9.17) is 9.47 Å². The number of carbonyl (C=O) groups excluding carboxylic acids is 2. The van der Waals surface area contributed by atoms with Crippen molar-refractivity contribution in [3.05, 3.63) is 35.9 Å². The second-order valence-corrected chi connectivity index (χ2v) is 5.60. The molecule has 0 aliphatic carbocycles. The first-order chi connectivity index (χ1) is 9.75. The van der Waals surface area contributed by atoms with Crippen LogP contribution in [0.25, 0.3) is 0 Å². The van der Waals surface area contributed by atoms with Gasteiger partial charge in [0.15, 0.2) is 0 Å². The number of rotatable bonds is 1. The van der Waals surface area contributed by atoms with E-state index < -0.39 is 0 Å². The molecule has 3 aliphatic rings. The molecule has 0 aromatic heterocycles. The fourth-order valence-electron chi connectivity index (χ4n) is 3.62. The Labute approximate surface area is 116 Å². The maximum absolute atomic E-state index is 12.1. The number of fused-ring (bicyclic) bond motifs is 3. The Morgan fingerprint density at radius 1 is 1.00 bits per heavy atom. The summed E-state index contributed by atoms with van der Waals surface area (Å²) in [6, 6.07) is 9.69. The fourth-order valence-corrected chi connectivity index (χ4v) is 3.62. The minimum atomic E-state index is -0.342. The zero-order valence-corrected chi connectivity index (χ0v) is 10.9. The first-order valence-corrected chi connectivity index (χ1v) is 6.89. The average molecular weight is 273 g/mol. The van der Waals surface area contributed by atoms with Gasteiger partial charge in [0.05, 0.1) is 18.6 Å². The summed E-state index contributed by atoms with van der Waals surface area (Å²) in [6.45, 7) is 1.28. The topological polar surface area (TPSA) is 55.8 Å². The lowest BCUT2D eigenvalue weighted by atomic mass is 9.93. The SMILES string of the molecule is O=C1OC[C@H]2[C@@H]1CN1[C@@H](c3ccccc3)COC(=O)[C@H]21. The number of hydrogen-bond donors (Lipinski definition) is 0. The summed E-state index contributed by atoms with van der Waals surface area (Å²) in [5.74, 6) is -0.634. The quantitative estimate of drug-likeness (QED) is 0.707. The standard InChI is InChI=1S/C15H15NO4/c17-14-10-6-16-12(9-4-2-1-3-5-9)8-20-15(18)13(16)11(10)7-19-14/h1-5,10-13H,6-8H2/t10-,11-,12+,13-/m0/s1. The highest BCUT2D eigenvalue weighted by molar-refractivity contribution is 5.83. The van der Waals surface area contributed by atoms with E-state index in [1.54, 1.807) is 0 Å². The van der Waals surface area contributed by atoms with Crippen LogP contribution in [0.15, 0.2) is 30.3 Å². The molecule has 0 radical (unpaired) electrons. The molecule has 104 valence electrons. The van der Waals surface area contributed by atoms with Gasteiger partial charge >= 0.3 is 11.9 Å². The summed E-state index contributed by atoms with van der Waals surface area (Å²) in [5.41, 5.74) is 1.12. The molecule has 0 bridgehead atoms. The smallest absolute Gasteiger partial charge is 0.323 e. The lowest BCUT2D eigenvalue weighted by Crippen LogP contribution is -2.49. The number of ether oxygens (including phenoxy) is 2. The molecule has 0 amide bonds. The van der Waals surface area contributed by atoms with Crippen molar-refractivity contribution in [2.24, 2.45) is 11.8 Å². The summed E-state index contributed by atoms with van der Waals surface area (Å²) in [4.78, 5) is 25.9. The molecular formula is C15H15NO4. The molecule has 3 fully saturated rings. The molecule has 3 aliphatic heterocycles. The molecule has 5 nitrogen and oxygen atoms in total. The van der Waals surface area contributed by atoms with E-state index in [-0.39, 0.29) is 35.9 Å².